The Hall–Kier alpha value is -3.49. The molecule has 1 fully saturated rings. The van der Waals surface area contributed by atoms with Gasteiger partial charge in [-0.1, -0.05) is 12.1 Å². The van der Waals surface area contributed by atoms with Crippen molar-refractivity contribution in [2.75, 3.05) is 13.2 Å². The molecule has 1 aliphatic heterocycles. The lowest BCUT2D eigenvalue weighted by atomic mass is 9.91. The van der Waals surface area contributed by atoms with Crippen molar-refractivity contribution in [3.05, 3.63) is 70.0 Å². The largest absolute Gasteiger partial charge is 0.494 e. The molecule has 146 valence electrons. The highest BCUT2D eigenvalue weighted by Gasteiger charge is 2.49. The van der Waals surface area contributed by atoms with E-state index in [0.29, 0.717) is 17.7 Å². The lowest BCUT2D eigenvalue weighted by molar-refractivity contribution is -0.385. The minimum absolute atomic E-state index is 0.121. The van der Waals surface area contributed by atoms with Gasteiger partial charge in [0.2, 0.25) is 0 Å². The third-order valence-corrected chi connectivity index (χ3v) is 4.52. The molecular formula is C19H18FN3O5. The van der Waals surface area contributed by atoms with Gasteiger partial charge in [0.15, 0.2) is 0 Å². The fourth-order valence-electron chi connectivity index (χ4n) is 2.97. The van der Waals surface area contributed by atoms with Gasteiger partial charge >= 0.3 is 6.03 Å². The molecule has 1 N–H and O–H groups in total. The molecule has 0 saturated carbocycles. The zero-order chi connectivity index (χ0) is 20.3. The summed E-state index contributed by atoms with van der Waals surface area (Å²) in [6.07, 6.45) is 0.377. The molecule has 0 radical (unpaired) electrons. The van der Waals surface area contributed by atoms with E-state index in [4.69, 9.17) is 4.74 Å². The number of amides is 3. The molecule has 2 aromatic rings. The quantitative estimate of drug-likeness (QED) is 0.341. The number of nitrogens with zero attached hydrogens (tertiary/aromatic N) is 2. The van der Waals surface area contributed by atoms with Crippen LogP contribution in [0.1, 0.15) is 18.9 Å². The van der Waals surface area contributed by atoms with Gasteiger partial charge in [0.1, 0.15) is 17.1 Å². The SMILES string of the molecule is CC1(c2cccc([N+](=O)[O-])c2)NC(=O)N(CCCOc2ccc(F)cc2)C1=O. The molecule has 0 aromatic heterocycles. The van der Waals surface area contributed by atoms with Crippen molar-refractivity contribution < 1.29 is 23.6 Å². The highest BCUT2D eigenvalue weighted by molar-refractivity contribution is 6.07. The van der Waals surface area contributed by atoms with Crippen molar-refractivity contribution in [2.45, 2.75) is 18.9 Å². The van der Waals surface area contributed by atoms with Crippen LogP contribution in [0.2, 0.25) is 0 Å². The van der Waals surface area contributed by atoms with Gasteiger partial charge in [-0.05, 0) is 43.2 Å². The smallest absolute Gasteiger partial charge is 0.325 e. The Kier molecular flexibility index (Phi) is 5.25. The highest BCUT2D eigenvalue weighted by Crippen LogP contribution is 2.30. The fraction of sp³-hybridized carbons (Fsp3) is 0.263. The Morgan fingerprint density at radius 3 is 2.61 bits per heavy atom. The Morgan fingerprint density at radius 2 is 1.93 bits per heavy atom. The molecule has 1 unspecified atom stereocenters. The number of non-ortho nitro benzene ring substituents is 1. The summed E-state index contributed by atoms with van der Waals surface area (Å²) in [7, 11) is 0. The Labute approximate surface area is 160 Å². The van der Waals surface area contributed by atoms with E-state index >= 15 is 0 Å². The number of urea groups is 1. The summed E-state index contributed by atoms with van der Waals surface area (Å²) < 4.78 is 18.3. The van der Waals surface area contributed by atoms with Crippen LogP contribution in [0.15, 0.2) is 48.5 Å². The first-order chi connectivity index (χ1) is 13.3. The average Bonchev–Trinajstić information content (AvgIpc) is 2.90. The summed E-state index contributed by atoms with van der Waals surface area (Å²) in [5.41, 5.74) is -1.20. The normalized spacial score (nSPS) is 18.9. The number of benzene rings is 2. The molecular weight excluding hydrogens is 369 g/mol. The van der Waals surface area contributed by atoms with E-state index in [-0.39, 0.29) is 24.7 Å². The summed E-state index contributed by atoms with van der Waals surface area (Å²) in [6.45, 7) is 1.87. The first-order valence-electron chi connectivity index (χ1n) is 8.58. The number of hydrogen-bond acceptors (Lipinski definition) is 5. The van der Waals surface area contributed by atoms with Gasteiger partial charge in [-0.15, -0.1) is 0 Å². The summed E-state index contributed by atoms with van der Waals surface area (Å²) in [6, 6.07) is 10.6. The van der Waals surface area contributed by atoms with Crippen molar-refractivity contribution in [1.82, 2.24) is 10.2 Å². The molecule has 1 saturated heterocycles. The standard InChI is InChI=1S/C19H18FN3O5/c1-19(13-4-2-5-15(12-13)23(26)27)17(24)22(18(25)21-19)10-3-11-28-16-8-6-14(20)7-9-16/h2,4-9,12H,3,10-11H2,1H3,(H,21,25). The van der Waals surface area contributed by atoms with Crippen LogP contribution in [0.5, 0.6) is 5.75 Å². The number of nitrogens with one attached hydrogen (secondary N) is 1. The van der Waals surface area contributed by atoms with Gasteiger partial charge < -0.3 is 10.1 Å². The molecule has 3 amide bonds. The Bertz CT molecular complexity index is 918. The van der Waals surface area contributed by atoms with E-state index in [1.165, 1.54) is 49.4 Å². The lowest BCUT2D eigenvalue weighted by Gasteiger charge is -2.22. The summed E-state index contributed by atoms with van der Waals surface area (Å²) in [5, 5.41) is 13.6. The zero-order valence-electron chi connectivity index (χ0n) is 15.1. The van der Waals surface area contributed by atoms with Gasteiger partial charge in [-0.3, -0.25) is 19.8 Å². The number of ether oxygens (including phenoxy) is 1. The van der Waals surface area contributed by atoms with Crippen molar-refractivity contribution in [2.24, 2.45) is 0 Å². The topological polar surface area (TPSA) is 102 Å². The van der Waals surface area contributed by atoms with Crippen molar-refractivity contribution in [1.29, 1.82) is 0 Å². The molecule has 9 heteroatoms. The zero-order valence-corrected chi connectivity index (χ0v) is 15.1. The Morgan fingerprint density at radius 1 is 1.21 bits per heavy atom. The van der Waals surface area contributed by atoms with Crippen LogP contribution in [-0.4, -0.2) is 34.9 Å². The van der Waals surface area contributed by atoms with Crippen LogP contribution in [0.25, 0.3) is 0 Å². The number of rotatable bonds is 7. The van der Waals surface area contributed by atoms with Crippen LogP contribution in [0, 0.1) is 15.9 Å². The van der Waals surface area contributed by atoms with E-state index in [0.717, 1.165) is 4.90 Å². The van der Waals surface area contributed by atoms with Gasteiger partial charge in [-0.2, -0.15) is 0 Å². The van der Waals surface area contributed by atoms with Gasteiger partial charge in [0.05, 0.1) is 11.5 Å². The number of halogens is 1. The monoisotopic (exact) mass is 387 g/mol. The number of carbonyl (C=O) groups is 2. The van der Waals surface area contributed by atoms with Crippen LogP contribution < -0.4 is 10.1 Å². The molecule has 0 bridgehead atoms. The minimum atomic E-state index is -1.37. The van der Waals surface area contributed by atoms with Crippen LogP contribution in [0.3, 0.4) is 0 Å². The minimum Gasteiger partial charge on any atom is -0.494 e. The predicted molar refractivity (Wildman–Crippen MR) is 97.2 cm³/mol. The fourth-order valence-corrected chi connectivity index (χ4v) is 2.97. The highest BCUT2D eigenvalue weighted by atomic mass is 19.1. The summed E-state index contributed by atoms with van der Waals surface area (Å²) in [4.78, 5) is 36.6. The van der Waals surface area contributed by atoms with Crippen molar-refractivity contribution in [3.63, 3.8) is 0 Å². The second-order valence-corrected chi connectivity index (χ2v) is 6.48. The van der Waals surface area contributed by atoms with Crippen LogP contribution in [0.4, 0.5) is 14.9 Å². The maximum Gasteiger partial charge on any atom is 0.325 e. The summed E-state index contributed by atoms with van der Waals surface area (Å²) >= 11 is 0. The van der Waals surface area contributed by atoms with Crippen molar-refractivity contribution >= 4 is 17.6 Å². The van der Waals surface area contributed by atoms with Gasteiger partial charge in [-0.25, -0.2) is 9.18 Å². The van der Waals surface area contributed by atoms with Crippen molar-refractivity contribution in [3.8, 4) is 5.75 Å². The third-order valence-electron chi connectivity index (χ3n) is 4.52. The van der Waals surface area contributed by atoms with E-state index in [1.807, 2.05) is 0 Å². The lowest BCUT2D eigenvalue weighted by Crippen LogP contribution is -2.41. The number of nitro groups is 1. The second kappa shape index (κ2) is 7.63. The molecule has 1 atom stereocenters. The predicted octanol–water partition coefficient (Wildman–Crippen LogP) is 2.97. The molecule has 2 aromatic carbocycles. The molecule has 1 aliphatic rings. The first kappa shape index (κ1) is 19.3. The summed E-state index contributed by atoms with van der Waals surface area (Å²) in [5.74, 6) is -0.369. The molecule has 28 heavy (non-hydrogen) atoms. The maximum absolute atomic E-state index is 12.9. The van der Waals surface area contributed by atoms with Gasteiger partial charge in [0.25, 0.3) is 11.6 Å². The molecule has 0 spiro atoms. The molecule has 8 nitrogen and oxygen atoms in total. The molecule has 0 aliphatic carbocycles. The first-order valence-corrected chi connectivity index (χ1v) is 8.58. The average molecular weight is 387 g/mol. The number of carbonyl (C=O) groups excluding carboxylic acids is 2. The molecule has 1 heterocycles. The van der Waals surface area contributed by atoms with Gasteiger partial charge in [0, 0.05) is 18.7 Å². The maximum atomic E-state index is 12.9. The second-order valence-electron chi connectivity index (χ2n) is 6.48. The number of nitro benzene ring substituents is 1. The van der Waals surface area contributed by atoms with Crippen LogP contribution in [-0.2, 0) is 10.3 Å². The molecule has 3 rings (SSSR count). The third kappa shape index (κ3) is 3.78. The Balaban J connectivity index is 1.63. The van der Waals surface area contributed by atoms with Crippen LogP contribution >= 0.6 is 0 Å². The van der Waals surface area contributed by atoms with E-state index in [9.17, 15) is 24.1 Å². The number of hydrogen-bond donors (Lipinski definition) is 1. The van der Waals surface area contributed by atoms with E-state index in [1.54, 1.807) is 6.07 Å². The van der Waals surface area contributed by atoms with E-state index in [2.05, 4.69) is 5.32 Å². The number of imide groups is 1. The van der Waals surface area contributed by atoms with E-state index < -0.39 is 22.4 Å².